The predicted molar refractivity (Wildman–Crippen MR) is 78.8 cm³/mol. The summed E-state index contributed by atoms with van der Waals surface area (Å²) in [6.07, 6.45) is 5.49. The van der Waals surface area contributed by atoms with E-state index < -0.39 is 0 Å². The van der Waals surface area contributed by atoms with Gasteiger partial charge in [0.05, 0.1) is 4.92 Å². The van der Waals surface area contributed by atoms with Gasteiger partial charge in [0.25, 0.3) is 5.69 Å². The molecule has 0 spiro atoms. The van der Waals surface area contributed by atoms with Gasteiger partial charge in [0.1, 0.15) is 0 Å². The molecule has 3 atom stereocenters. The number of fused-ring (bicyclic) bond motifs is 2. The number of hydrogen-bond acceptors (Lipinski definition) is 3. The van der Waals surface area contributed by atoms with Crippen molar-refractivity contribution in [2.75, 3.05) is 6.54 Å². The van der Waals surface area contributed by atoms with Crippen molar-refractivity contribution >= 4 is 17.3 Å². The van der Waals surface area contributed by atoms with Gasteiger partial charge in [-0.25, -0.2) is 0 Å². The van der Waals surface area contributed by atoms with Crippen molar-refractivity contribution in [3.63, 3.8) is 0 Å². The molecule has 0 amide bonds. The highest BCUT2D eigenvalue weighted by Gasteiger charge is 2.38. The highest BCUT2D eigenvalue weighted by atomic mass is 35.5. The number of nitro groups is 1. The molecule has 0 radical (unpaired) electrons. The van der Waals surface area contributed by atoms with E-state index in [2.05, 4.69) is 5.32 Å². The third-order valence-electron chi connectivity index (χ3n) is 4.84. The molecule has 1 N–H and O–H groups in total. The van der Waals surface area contributed by atoms with Gasteiger partial charge in [-0.3, -0.25) is 10.1 Å². The van der Waals surface area contributed by atoms with Gasteiger partial charge in [0.2, 0.25) is 0 Å². The van der Waals surface area contributed by atoms with Crippen molar-refractivity contribution in [3.05, 3.63) is 38.9 Å². The number of nitro benzene ring substituents is 1. The first-order chi connectivity index (χ1) is 9.63. The molecule has 5 heteroatoms. The van der Waals surface area contributed by atoms with E-state index in [0.29, 0.717) is 17.1 Å². The molecular formula is C15H19ClN2O2. The number of halogens is 1. The van der Waals surface area contributed by atoms with Gasteiger partial charge in [0, 0.05) is 23.2 Å². The minimum Gasteiger partial charge on any atom is -0.312 e. The fraction of sp³-hybridized carbons (Fsp3) is 0.600. The maximum Gasteiger partial charge on any atom is 0.273 e. The van der Waals surface area contributed by atoms with E-state index in [1.54, 1.807) is 12.1 Å². The van der Waals surface area contributed by atoms with Crippen molar-refractivity contribution in [2.45, 2.75) is 32.2 Å². The van der Waals surface area contributed by atoms with Crippen LogP contribution in [-0.4, -0.2) is 11.5 Å². The summed E-state index contributed by atoms with van der Waals surface area (Å²) in [4.78, 5) is 10.6. The molecular weight excluding hydrogens is 276 g/mol. The molecule has 2 fully saturated rings. The van der Waals surface area contributed by atoms with E-state index in [9.17, 15) is 10.1 Å². The van der Waals surface area contributed by atoms with Gasteiger partial charge < -0.3 is 5.32 Å². The monoisotopic (exact) mass is 294 g/mol. The number of hydrogen-bond donors (Lipinski definition) is 1. The Balaban J connectivity index is 1.58. The number of nitrogens with zero attached hydrogens (tertiary/aromatic N) is 1. The fourth-order valence-corrected chi connectivity index (χ4v) is 4.09. The average molecular weight is 295 g/mol. The van der Waals surface area contributed by atoms with Crippen LogP contribution in [0.3, 0.4) is 0 Å². The largest absolute Gasteiger partial charge is 0.312 e. The second-order valence-corrected chi connectivity index (χ2v) is 6.53. The van der Waals surface area contributed by atoms with E-state index >= 15 is 0 Å². The molecule has 2 saturated carbocycles. The third kappa shape index (κ3) is 2.81. The predicted octanol–water partition coefficient (Wildman–Crippen LogP) is 3.77. The molecule has 4 nitrogen and oxygen atoms in total. The zero-order valence-corrected chi connectivity index (χ0v) is 12.1. The summed E-state index contributed by atoms with van der Waals surface area (Å²) >= 11 is 5.93. The SMILES string of the molecule is O=[N+]([O-])c1ccc(Cl)cc1CNCC1CC2CCC1C2. The Morgan fingerprint density at radius 2 is 2.20 bits per heavy atom. The van der Waals surface area contributed by atoms with Crippen LogP contribution >= 0.6 is 11.6 Å². The molecule has 1 aromatic rings. The molecule has 3 unspecified atom stereocenters. The second kappa shape index (κ2) is 5.70. The van der Waals surface area contributed by atoms with Crippen molar-refractivity contribution in [1.82, 2.24) is 5.32 Å². The lowest BCUT2D eigenvalue weighted by atomic mass is 9.89. The van der Waals surface area contributed by atoms with E-state index in [1.165, 1.54) is 31.7 Å². The van der Waals surface area contributed by atoms with Gasteiger partial charge >= 0.3 is 0 Å². The van der Waals surface area contributed by atoms with Crippen LogP contribution in [0.2, 0.25) is 5.02 Å². The summed E-state index contributed by atoms with van der Waals surface area (Å²) in [6.45, 7) is 1.48. The van der Waals surface area contributed by atoms with Gasteiger partial charge in [-0.2, -0.15) is 0 Å². The zero-order chi connectivity index (χ0) is 14.1. The Morgan fingerprint density at radius 3 is 2.85 bits per heavy atom. The Kier molecular flexibility index (Phi) is 3.94. The van der Waals surface area contributed by atoms with Crippen LogP contribution < -0.4 is 5.32 Å². The summed E-state index contributed by atoms with van der Waals surface area (Å²) in [5.74, 6) is 2.57. The van der Waals surface area contributed by atoms with Crippen LogP contribution in [0.5, 0.6) is 0 Å². The topological polar surface area (TPSA) is 55.2 Å². The lowest BCUT2D eigenvalue weighted by molar-refractivity contribution is -0.385. The first-order valence-electron chi connectivity index (χ1n) is 7.27. The maximum atomic E-state index is 11.0. The number of nitrogens with one attached hydrogen (secondary N) is 1. The van der Waals surface area contributed by atoms with E-state index in [-0.39, 0.29) is 10.6 Å². The maximum absolute atomic E-state index is 11.0. The minimum absolute atomic E-state index is 0.148. The molecule has 2 bridgehead atoms. The highest BCUT2D eigenvalue weighted by Crippen LogP contribution is 2.47. The number of benzene rings is 1. The quantitative estimate of drug-likeness (QED) is 0.664. The fourth-order valence-electron chi connectivity index (χ4n) is 3.89. The Labute approximate surface area is 123 Å². The lowest BCUT2D eigenvalue weighted by Gasteiger charge is -2.21. The molecule has 108 valence electrons. The molecule has 0 saturated heterocycles. The second-order valence-electron chi connectivity index (χ2n) is 6.10. The Morgan fingerprint density at radius 1 is 1.35 bits per heavy atom. The first-order valence-corrected chi connectivity index (χ1v) is 7.65. The van der Waals surface area contributed by atoms with Gasteiger partial charge in [-0.1, -0.05) is 18.0 Å². The van der Waals surface area contributed by atoms with Crippen LogP contribution in [0.25, 0.3) is 0 Å². The summed E-state index contributed by atoms with van der Waals surface area (Å²) in [5.41, 5.74) is 0.820. The summed E-state index contributed by atoms with van der Waals surface area (Å²) in [7, 11) is 0. The van der Waals surface area contributed by atoms with E-state index in [4.69, 9.17) is 11.6 Å². The van der Waals surface area contributed by atoms with E-state index in [0.717, 1.165) is 24.3 Å². The van der Waals surface area contributed by atoms with Crippen molar-refractivity contribution in [2.24, 2.45) is 17.8 Å². The van der Waals surface area contributed by atoms with Crippen molar-refractivity contribution < 1.29 is 4.92 Å². The Hall–Kier alpha value is -1.13. The zero-order valence-electron chi connectivity index (χ0n) is 11.3. The average Bonchev–Trinajstić information content (AvgIpc) is 3.00. The van der Waals surface area contributed by atoms with Crippen LogP contribution in [0.1, 0.15) is 31.2 Å². The van der Waals surface area contributed by atoms with Gasteiger partial charge in [-0.15, -0.1) is 0 Å². The highest BCUT2D eigenvalue weighted by molar-refractivity contribution is 6.30. The molecule has 0 aliphatic heterocycles. The number of rotatable bonds is 5. The van der Waals surface area contributed by atoms with Crippen molar-refractivity contribution in [1.29, 1.82) is 0 Å². The van der Waals surface area contributed by atoms with Crippen LogP contribution in [0, 0.1) is 27.9 Å². The Bertz CT molecular complexity index is 521. The standard InChI is InChI=1S/C15H19ClN2O2/c16-14-3-4-15(18(19)20)13(7-14)9-17-8-12-6-10-1-2-11(12)5-10/h3-4,7,10-12,17H,1-2,5-6,8-9H2. The molecule has 0 aromatic heterocycles. The molecule has 3 rings (SSSR count). The van der Waals surface area contributed by atoms with Crippen LogP contribution in [0.4, 0.5) is 5.69 Å². The minimum atomic E-state index is -0.342. The van der Waals surface area contributed by atoms with E-state index in [1.807, 2.05) is 0 Å². The molecule has 2 aliphatic carbocycles. The normalized spacial score (nSPS) is 27.9. The smallest absolute Gasteiger partial charge is 0.273 e. The molecule has 2 aliphatic rings. The van der Waals surface area contributed by atoms with Gasteiger partial charge in [-0.05, 0) is 55.7 Å². The van der Waals surface area contributed by atoms with Gasteiger partial charge in [0.15, 0.2) is 0 Å². The molecule has 20 heavy (non-hydrogen) atoms. The third-order valence-corrected chi connectivity index (χ3v) is 5.08. The first kappa shape index (κ1) is 13.8. The van der Waals surface area contributed by atoms with Crippen LogP contribution in [0.15, 0.2) is 18.2 Å². The summed E-state index contributed by atoms with van der Waals surface area (Å²) in [6, 6.07) is 4.74. The van der Waals surface area contributed by atoms with Crippen LogP contribution in [-0.2, 0) is 6.54 Å². The van der Waals surface area contributed by atoms with Crippen molar-refractivity contribution in [3.8, 4) is 0 Å². The summed E-state index contributed by atoms with van der Waals surface area (Å²) in [5, 5.41) is 14.9. The lowest BCUT2D eigenvalue weighted by Crippen LogP contribution is -2.26. The molecule has 0 heterocycles. The summed E-state index contributed by atoms with van der Waals surface area (Å²) < 4.78 is 0. The molecule has 1 aromatic carbocycles.